The van der Waals surface area contributed by atoms with Crippen molar-refractivity contribution in [3.05, 3.63) is 119 Å². The van der Waals surface area contributed by atoms with Crippen LogP contribution in [0.15, 0.2) is 102 Å². The van der Waals surface area contributed by atoms with Crippen LogP contribution in [0.25, 0.3) is 33.4 Å². The largest absolute Gasteiger partial charge is 0.369 e. The number of rotatable bonds is 18. The van der Waals surface area contributed by atoms with E-state index in [-0.39, 0.29) is 62.8 Å². The van der Waals surface area contributed by atoms with Crippen LogP contribution >= 0.6 is 15.2 Å². The van der Waals surface area contributed by atoms with Crippen LogP contribution in [0, 0.1) is 0 Å². The quantitative estimate of drug-likeness (QED) is 0.0609. The van der Waals surface area contributed by atoms with Crippen LogP contribution in [0.2, 0.25) is 0 Å². The van der Waals surface area contributed by atoms with Crippen molar-refractivity contribution >= 4 is 60.4 Å². The van der Waals surface area contributed by atoms with Crippen LogP contribution in [0.3, 0.4) is 0 Å². The van der Waals surface area contributed by atoms with Gasteiger partial charge >= 0.3 is 15.2 Å². The van der Waals surface area contributed by atoms with Crippen LogP contribution in [-0.2, 0) is 54.0 Å². The lowest BCUT2D eigenvalue weighted by atomic mass is 10.2. The number of hydrogen-bond donors (Lipinski definition) is 5. The Morgan fingerprint density at radius 3 is 1.84 bits per heavy atom. The van der Waals surface area contributed by atoms with E-state index in [1.165, 1.54) is 17.5 Å². The summed E-state index contributed by atoms with van der Waals surface area (Å²) in [4.78, 5) is 61.5. The zero-order chi connectivity index (χ0) is 42.8. The fourth-order valence-electron chi connectivity index (χ4n) is 5.55. The number of ether oxygens (including phenoxy) is 2. The normalized spacial score (nSPS) is 13.5. The van der Waals surface area contributed by atoms with Crippen molar-refractivity contribution in [1.29, 1.82) is 0 Å². The van der Waals surface area contributed by atoms with E-state index in [1.54, 1.807) is 33.4 Å². The van der Waals surface area contributed by atoms with Crippen LogP contribution in [0.4, 0.5) is 11.9 Å². The molecule has 25 heteroatoms. The Balaban J connectivity index is 0.000000193. The van der Waals surface area contributed by atoms with Crippen LogP contribution in [0.1, 0.15) is 11.1 Å². The Kier molecular flexibility index (Phi) is 13.5. The molecule has 8 aromatic rings. The minimum Gasteiger partial charge on any atom is -0.369 e. The maximum atomic E-state index is 12.2. The summed E-state index contributed by atoms with van der Waals surface area (Å²) in [6.45, 7) is 0.834. The second kappa shape index (κ2) is 19.3. The van der Waals surface area contributed by atoms with E-state index >= 15 is 0 Å². The standard InChI is InChI=1S/C21H21N8O5P.C15H18N5O5P/c22-21-24-19-18(20(25-21)34-29-17-9-5-4-8-16(17)26-27-29)23-13-28(19)10-11-32-14-35(30,31)33-12-15-6-2-1-3-7-15;16-15-18-13-12(14(21)19-15)17-9-20(13)6-7-24-10-26(22,23)25-8-11-4-2-1-3-5-11/h1-9,13H,10-12,14H2,(H,30,31)(H2,22,24,25);1-5,9H,6-8,10H2,(H,22,23)(H3,16,18,19,21). The predicted octanol–water partition coefficient (Wildman–Crippen LogP) is 3.45. The van der Waals surface area contributed by atoms with Gasteiger partial charge in [-0.2, -0.15) is 15.0 Å². The molecule has 0 fully saturated rings. The van der Waals surface area contributed by atoms with Gasteiger partial charge < -0.3 is 53.7 Å². The Bertz CT molecular complexity index is 2870. The van der Waals surface area contributed by atoms with E-state index in [4.69, 9.17) is 34.8 Å². The number of imidazole rings is 2. The van der Waals surface area contributed by atoms with E-state index in [0.717, 1.165) is 11.1 Å². The molecule has 0 amide bonds. The Hall–Kier alpha value is -6.42. The summed E-state index contributed by atoms with van der Waals surface area (Å²) >= 11 is 0. The number of H-pyrrole nitrogens is 1. The van der Waals surface area contributed by atoms with Gasteiger partial charge in [0.15, 0.2) is 22.3 Å². The number of benzene rings is 3. The van der Waals surface area contributed by atoms with Crippen molar-refractivity contribution in [1.82, 2.24) is 54.2 Å². The fraction of sp³-hybridized carbons (Fsp3) is 0.222. The number of nitrogens with two attached hydrogens (primary N) is 2. The molecule has 2 unspecified atom stereocenters. The van der Waals surface area contributed by atoms with Gasteiger partial charge in [0, 0.05) is 13.1 Å². The number of fused-ring (bicyclic) bond motifs is 3. The second-order valence-corrected chi connectivity index (χ2v) is 16.6. The number of anilines is 2. The van der Waals surface area contributed by atoms with Crippen molar-refractivity contribution < 1.29 is 42.3 Å². The molecule has 0 aliphatic rings. The molecule has 3 aromatic carbocycles. The first-order valence-corrected chi connectivity index (χ1v) is 21.8. The molecular formula is C36H39N13O10P2. The van der Waals surface area contributed by atoms with Gasteiger partial charge in [0.2, 0.25) is 11.9 Å². The first kappa shape index (κ1) is 42.7. The highest BCUT2D eigenvalue weighted by Gasteiger charge is 2.22. The maximum Gasteiger partial charge on any atom is 0.353 e. The summed E-state index contributed by atoms with van der Waals surface area (Å²) in [6, 6.07) is 25.5. The highest BCUT2D eigenvalue weighted by Crippen LogP contribution is 2.43. The van der Waals surface area contributed by atoms with Gasteiger partial charge in [0.25, 0.3) is 11.4 Å². The molecule has 0 aliphatic carbocycles. The van der Waals surface area contributed by atoms with Gasteiger partial charge in [-0.25, -0.2) is 9.97 Å². The van der Waals surface area contributed by atoms with E-state index in [0.29, 0.717) is 27.8 Å². The molecular weight excluding hydrogens is 836 g/mol. The van der Waals surface area contributed by atoms with Crippen LogP contribution in [0.5, 0.6) is 5.88 Å². The molecule has 0 aliphatic heterocycles. The summed E-state index contributed by atoms with van der Waals surface area (Å²) in [6.07, 6.45) is 2.07. The molecule has 61 heavy (non-hydrogen) atoms. The van der Waals surface area contributed by atoms with Gasteiger partial charge in [-0.15, -0.1) is 5.10 Å². The monoisotopic (exact) mass is 875 g/mol. The number of para-hydroxylation sites is 1. The fourth-order valence-corrected chi connectivity index (χ4v) is 7.12. The number of aromatic amines is 1. The molecule has 5 aromatic heterocycles. The minimum absolute atomic E-state index is 0.0145. The highest BCUT2D eigenvalue weighted by molar-refractivity contribution is 7.52. The molecule has 0 spiro atoms. The zero-order valence-electron chi connectivity index (χ0n) is 32.1. The SMILES string of the molecule is Nc1nc(On2nnc3ccccc32)c2ncn(CCOCP(=O)(O)OCc3ccccc3)c2n1.Nc1nc2c(ncn2CCOCP(=O)(O)OCc2ccccc2)c(=O)[nH]1. The topological polar surface area (TPSA) is 311 Å². The third-order valence-corrected chi connectivity index (χ3v) is 10.5. The smallest absolute Gasteiger partial charge is 0.353 e. The Morgan fingerprint density at radius 1 is 0.689 bits per heavy atom. The minimum atomic E-state index is -3.91. The lowest BCUT2D eigenvalue weighted by Crippen LogP contribution is -2.13. The van der Waals surface area contributed by atoms with Crippen molar-refractivity contribution in [2.45, 2.75) is 26.3 Å². The lowest BCUT2D eigenvalue weighted by Gasteiger charge is -2.13. The molecule has 8 rings (SSSR count). The lowest BCUT2D eigenvalue weighted by molar-refractivity contribution is 0.136. The van der Waals surface area contributed by atoms with E-state index < -0.39 is 33.4 Å². The van der Waals surface area contributed by atoms with E-state index in [9.17, 15) is 23.7 Å². The third-order valence-electron chi connectivity index (χ3n) is 8.45. The summed E-state index contributed by atoms with van der Waals surface area (Å²) < 4.78 is 48.2. The van der Waals surface area contributed by atoms with Crippen molar-refractivity contribution in [2.75, 3.05) is 37.4 Å². The average molecular weight is 876 g/mol. The summed E-state index contributed by atoms with van der Waals surface area (Å²) in [5.41, 5.74) is 15.1. The zero-order valence-corrected chi connectivity index (χ0v) is 33.9. The molecule has 2 atom stereocenters. The molecule has 5 heterocycles. The molecule has 0 saturated heterocycles. The summed E-state index contributed by atoms with van der Waals surface area (Å²) in [7, 11) is -7.78. The number of nitrogens with zero attached hydrogens (tertiary/aromatic N) is 10. The molecule has 0 radical (unpaired) electrons. The number of nitrogen functional groups attached to an aromatic ring is 2. The second-order valence-electron chi connectivity index (χ2n) is 13.0. The number of nitrogens with one attached hydrogen (secondary N) is 1. The Morgan fingerprint density at radius 2 is 1.23 bits per heavy atom. The molecule has 318 valence electrons. The van der Waals surface area contributed by atoms with Crippen LogP contribution in [-0.4, -0.2) is 89.9 Å². The highest BCUT2D eigenvalue weighted by atomic mass is 31.2. The van der Waals surface area contributed by atoms with Crippen molar-refractivity contribution in [3.8, 4) is 5.88 Å². The Labute approximate surface area is 344 Å². The van der Waals surface area contributed by atoms with Gasteiger partial charge in [-0.3, -0.25) is 18.9 Å². The van der Waals surface area contributed by atoms with Crippen molar-refractivity contribution in [2.24, 2.45) is 0 Å². The molecule has 23 nitrogen and oxygen atoms in total. The molecule has 7 N–H and O–H groups in total. The number of hydrogen-bond acceptors (Lipinski definition) is 17. The van der Waals surface area contributed by atoms with E-state index in [1.807, 2.05) is 60.7 Å². The third kappa shape index (κ3) is 11.4. The van der Waals surface area contributed by atoms with E-state index in [2.05, 4.69) is 40.2 Å². The molecule has 0 bridgehead atoms. The van der Waals surface area contributed by atoms with Gasteiger partial charge in [-0.1, -0.05) is 77.6 Å². The summed E-state index contributed by atoms with van der Waals surface area (Å²) in [5, 5.41) is 8.02. The first-order chi connectivity index (χ1) is 29.4. The summed E-state index contributed by atoms with van der Waals surface area (Å²) in [5.74, 6) is 0.0742. The maximum absolute atomic E-state index is 12.2. The average Bonchev–Trinajstić information content (AvgIpc) is 3.98. The van der Waals surface area contributed by atoms with Crippen LogP contribution < -0.4 is 21.9 Å². The number of aromatic nitrogens is 11. The first-order valence-electron chi connectivity index (χ1n) is 18.3. The van der Waals surface area contributed by atoms with Gasteiger partial charge in [0.1, 0.15) is 23.7 Å². The van der Waals surface area contributed by atoms with Gasteiger partial charge in [-0.05, 0) is 28.5 Å². The van der Waals surface area contributed by atoms with Gasteiger partial charge in [0.05, 0.1) is 39.1 Å². The predicted molar refractivity (Wildman–Crippen MR) is 220 cm³/mol. The molecule has 0 saturated carbocycles. The van der Waals surface area contributed by atoms with Crippen molar-refractivity contribution in [3.63, 3.8) is 0 Å².